The van der Waals surface area contributed by atoms with Gasteiger partial charge in [-0.3, -0.25) is 14.5 Å². The van der Waals surface area contributed by atoms with Crippen LogP contribution in [0, 0.1) is 0 Å². The fourth-order valence-corrected chi connectivity index (χ4v) is 4.64. The molecule has 1 atom stereocenters. The van der Waals surface area contributed by atoms with E-state index >= 15 is 0 Å². The summed E-state index contributed by atoms with van der Waals surface area (Å²) in [6.07, 6.45) is -0.0693. The predicted molar refractivity (Wildman–Crippen MR) is 142 cm³/mol. The van der Waals surface area contributed by atoms with Gasteiger partial charge >= 0.3 is 12.1 Å². The number of rotatable bonds is 11. The number of methoxy groups -OCH3 is 1. The highest BCUT2D eigenvalue weighted by molar-refractivity contribution is 7.80. The number of carbonyl (C=O) groups excluding carboxylic acids is 3. The third-order valence-corrected chi connectivity index (χ3v) is 6.64. The van der Waals surface area contributed by atoms with Crippen molar-refractivity contribution in [2.75, 3.05) is 23.9 Å². The van der Waals surface area contributed by atoms with Crippen LogP contribution in [0.5, 0.6) is 0 Å². The number of alkyl halides is 3. The van der Waals surface area contributed by atoms with E-state index in [0.717, 1.165) is 49.1 Å². The van der Waals surface area contributed by atoms with Crippen molar-refractivity contribution < 1.29 is 32.3 Å². The van der Waals surface area contributed by atoms with Crippen LogP contribution in [-0.2, 0) is 20.5 Å². The maximum atomic E-state index is 13.4. The largest absolute Gasteiger partial charge is 0.465 e. The lowest BCUT2D eigenvalue weighted by Crippen LogP contribution is -2.38. The van der Waals surface area contributed by atoms with Gasteiger partial charge < -0.3 is 15.0 Å². The van der Waals surface area contributed by atoms with Crippen molar-refractivity contribution >= 4 is 46.5 Å². The molecule has 204 valence electrons. The zero-order valence-electron chi connectivity index (χ0n) is 21.2. The SMILES string of the molecule is CCCCCCCN1C(=S)N(c2cccc(C(F)(F)F)c2)C(=O)C1CC(=O)Nc1ccc(C(=O)OC)cc1. The molecule has 1 N–H and O–H groups in total. The van der Waals surface area contributed by atoms with E-state index in [9.17, 15) is 27.6 Å². The fourth-order valence-electron chi connectivity index (χ4n) is 4.23. The molecule has 0 radical (unpaired) electrons. The second-order valence-corrected chi connectivity index (χ2v) is 9.31. The van der Waals surface area contributed by atoms with Gasteiger partial charge in [0.25, 0.3) is 5.91 Å². The van der Waals surface area contributed by atoms with Crippen molar-refractivity contribution in [1.82, 2.24) is 4.90 Å². The van der Waals surface area contributed by atoms with Gasteiger partial charge in [-0.25, -0.2) is 4.79 Å². The van der Waals surface area contributed by atoms with Gasteiger partial charge in [-0.15, -0.1) is 0 Å². The first-order valence-electron chi connectivity index (χ1n) is 12.4. The highest BCUT2D eigenvalue weighted by Gasteiger charge is 2.44. The number of benzene rings is 2. The van der Waals surface area contributed by atoms with Crippen LogP contribution in [0.3, 0.4) is 0 Å². The number of hydrogen-bond acceptors (Lipinski definition) is 5. The number of thiocarbonyl (C=S) groups is 1. The summed E-state index contributed by atoms with van der Waals surface area (Å²) in [5.74, 6) is -1.55. The van der Waals surface area contributed by atoms with Crippen LogP contribution >= 0.6 is 12.2 Å². The molecule has 1 aliphatic heterocycles. The predicted octanol–water partition coefficient (Wildman–Crippen LogP) is 5.79. The highest BCUT2D eigenvalue weighted by Crippen LogP contribution is 2.34. The Balaban J connectivity index is 1.79. The average Bonchev–Trinajstić information content (AvgIpc) is 3.11. The van der Waals surface area contributed by atoms with Crippen LogP contribution in [0.1, 0.15) is 61.4 Å². The Bertz CT molecular complexity index is 1170. The molecule has 2 aromatic rings. The number of hydrogen-bond donors (Lipinski definition) is 1. The molecule has 1 unspecified atom stereocenters. The van der Waals surface area contributed by atoms with E-state index in [-0.39, 0.29) is 17.2 Å². The number of carbonyl (C=O) groups is 3. The van der Waals surface area contributed by atoms with Crippen LogP contribution < -0.4 is 10.2 Å². The Morgan fingerprint density at radius 3 is 2.37 bits per heavy atom. The minimum Gasteiger partial charge on any atom is -0.465 e. The molecular formula is C27H30F3N3O4S. The van der Waals surface area contributed by atoms with Gasteiger partial charge in [0, 0.05) is 12.2 Å². The van der Waals surface area contributed by atoms with Gasteiger partial charge in [0.15, 0.2) is 5.11 Å². The first kappa shape index (κ1) is 29.1. The van der Waals surface area contributed by atoms with E-state index in [1.54, 1.807) is 4.90 Å². The van der Waals surface area contributed by atoms with Gasteiger partial charge in [0.05, 0.1) is 30.3 Å². The molecule has 0 aromatic heterocycles. The number of unbranched alkanes of at least 4 members (excludes halogenated alkanes) is 4. The normalized spacial score (nSPS) is 15.7. The fraction of sp³-hybridized carbons (Fsp3) is 0.407. The number of nitrogens with one attached hydrogen (secondary N) is 1. The molecule has 2 amide bonds. The molecular weight excluding hydrogens is 519 g/mol. The van der Waals surface area contributed by atoms with E-state index in [0.29, 0.717) is 17.8 Å². The summed E-state index contributed by atoms with van der Waals surface area (Å²) in [6, 6.07) is 9.52. The molecule has 0 saturated carbocycles. The molecule has 38 heavy (non-hydrogen) atoms. The van der Waals surface area contributed by atoms with Crippen LogP contribution in [0.2, 0.25) is 0 Å². The van der Waals surface area contributed by atoms with E-state index in [2.05, 4.69) is 17.0 Å². The molecule has 3 rings (SSSR count). The summed E-state index contributed by atoms with van der Waals surface area (Å²) in [5.41, 5.74) is -0.162. The topological polar surface area (TPSA) is 79.0 Å². The number of nitrogens with zero attached hydrogens (tertiary/aromatic N) is 2. The first-order valence-corrected chi connectivity index (χ1v) is 12.8. The smallest absolute Gasteiger partial charge is 0.416 e. The van der Waals surface area contributed by atoms with Crippen molar-refractivity contribution in [3.63, 3.8) is 0 Å². The third kappa shape index (κ3) is 7.09. The number of halogens is 3. The minimum absolute atomic E-state index is 0.00659. The van der Waals surface area contributed by atoms with Gasteiger partial charge in [-0.1, -0.05) is 38.7 Å². The van der Waals surface area contributed by atoms with Crippen LogP contribution in [0.15, 0.2) is 48.5 Å². The summed E-state index contributed by atoms with van der Waals surface area (Å²) in [7, 11) is 1.26. The lowest BCUT2D eigenvalue weighted by Gasteiger charge is -2.24. The summed E-state index contributed by atoms with van der Waals surface area (Å²) in [4.78, 5) is 40.7. The molecule has 1 saturated heterocycles. The summed E-state index contributed by atoms with van der Waals surface area (Å²) >= 11 is 5.54. The van der Waals surface area contributed by atoms with Gasteiger partial charge in [0.1, 0.15) is 6.04 Å². The maximum Gasteiger partial charge on any atom is 0.416 e. The molecule has 2 aromatic carbocycles. The Hall–Kier alpha value is -3.47. The number of esters is 1. The van der Waals surface area contributed by atoms with Gasteiger partial charge in [0.2, 0.25) is 5.91 Å². The second kappa shape index (κ2) is 12.9. The number of ether oxygens (including phenoxy) is 1. The van der Waals surface area contributed by atoms with Gasteiger partial charge in [-0.05, 0) is 61.1 Å². The highest BCUT2D eigenvalue weighted by atomic mass is 32.1. The summed E-state index contributed by atoms with van der Waals surface area (Å²) in [5, 5.41) is 2.77. The Labute approximate surface area is 224 Å². The molecule has 0 bridgehead atoms. The summed E-state index contributed by atoms with van der Waals surface area (Å²) < 4.78 is 44.6. The number of amides is 2. The van der Waals surface area contributed by atoms with E-state index < -0.39 is 35.6 Å². The van der Waals surface area contributed by atoms with Crippen molar-refractivity contribution in [2.24, 2.45) is 0 Å². The van der Waals surface area contributed by atoms with Crippen LogP contribution in [0.25, 0.3) is 0 Å². The molecule has 7 nitrogen and oxygen atoms in total. The zero-order chi connectivity index (χ0) is 27.9. The lowest BCUT2D eigenvalue weighted by atomic mass is 10.1. The molecule has 1 fully saturated rings. The average molecular weight is 550 g/mol. The molecule has 11 heteroatoms. The van der Waals surface area contributed by atoms with E-state index in [1.807, 2.05) is 0 Å². The molecule has 0 aliphatic carbocycles. The van der Waals surface area contributed by atoms with E-state index in [1.165, 1.54) is 43.5 Å². The van der Waals surface area contributed by atoms with Crippen molar-refractivity contribution in [1.29, 1.82) is 0 Å². The Kier molecular flexibility index (Phi) is 9.84. The molecule has 0 spiro atoms. The Morgan fingerprint density at radius 1 is 1.05 bits per heavy atom. The van der Waals surface area contributed by atoms with Crippen molar-refractivity contribution in [2.45, 2.75) is 57.7 Å². The quantitative estimate of drug-likeness (QED) is 0.217. The number of anilines is 2. The Morgan fingerprint density at radius 2 is 1.74 bits per heavy atom. The van der Waals surface area contributed by atoms with Crippen LogP contribution in [-0.4, -0.2) is 47.5 Å². The zero-order valence-corrected chi connectivity index (χ0v) is 22.0. The third-order valence-electron chi connectivity index (χ3n) is 6.22. The monoisotopic (exact) mass is 549 g/mol. The first-order chi connectivity index (χ1) is 18.1. The maximum absolute atomic E-state index is 13.4. The van der Waals surface area contributed by atoms with E-state index in [4.69, 9.17) is 12.2 Å². The lowest BCUT2D eigenvalue weighted by molar-refractivity contribution is -0.137. The summed E-state index contributed by atoms with van der Waals surface area (Å²) in [6.45, 7) is 2.49. The van der Waals surface area contributed by atoms with Crippen LogP contribution in [0.4, 0.5) is 24.5 Å². The minimum atomic E-state index is -4.58. The standard InChI is InChI=1S/C27H30F3N3O4S/c1-3-4-5-6-7-15-32-22(17-23(34)31-20-13-11-18(12-14-20)25(36)37-2)24(35)33(26(32)38)21-10-8-9-19(16-21)27(28,29)30/h8-14,16,22H,3-7,15,17H2,1-2H3,(H,31,34). The molecule has 1 aliphatic rings. The molecule has 1 heterocycles. The second-order valence-electron chi connectivity index (χ2n) is 8.95. The van der Waals surface area contributed by atoms with Gasteiger partial charge in [-0.2, -0.15) is 13.2 Å². The van der Waals surface area contributed by atoms with Crippen molar-refractivity contribution in [3.05, 3.63) is 59.7 Å². The van der Waals surface area contributed by atoms with Crippen molar-refractivity contribution in [3.8, 4) is 0 Å².